The number of carboxylic acid groups (broad SMARTS) is 1. The van der Waals surface area contributed by atoms with E-state index in [-0.39, 0.29) is 10.3 Å². The molecule has 2 aliphatic heterocycles. The lowest BCUT2D eigenvalue weighted by Gasteiger charge is -2.34. The topological polar surface area (TPSA) is 137 Å². The van der Waals surface area contributed by atoms with E-state index in [0.717, 1.165) is 63.6 Å². The highest BCUT2D eigenvalue weighted by molar-refractivity contribution is 9.10. The Kier molecular flexibility index (Phi) is 12.0. The van der Waals surface area contributed by atoms with E-state index in [1.54, 1.807) is 30.3 Å². The first-order valence-electron chi connectivity index (χ1n) is 16.3. The van der Waals surface area contributed by atoms with Crippen molar-refractivity contribution >= 4 is 47.8 Å². The van der Waals surface area contributed by atoms with E-state index in [4.69, 9.17) is 0 Å². The minimum atomic E-state index is -4.05. The molecule has 0 bridgehead atoms. The van der Waals surface area contributed by atoms with Gasteiger partial charge < -0.3 is 10.0 Å². The molecule has 1 aromatic carbocycles. The van der Waals surface area contributed by atoms with Gasteiger partial charge in [0.1, 0.15) is 16.8 Å². The van der Waals surface area contributed by atoms with E-state index in [0.29, 0.717) is 40.1 Å². The lowest BCUT2D eigenvalue weighted by Crippen LogP contribution is -2.44. The van der Waals surface area contributed by atoms with Gasteiger partial charge in [0.25, 0.3) is 0 Å². The van der Waals surface area contributed by atoms with Crippen molar-refractivity contribution in [3.63, 3.8) is 0 Å². The molecule has 2 aromatic rings. The zero-order chi connectivity index (χ0) is 33.9. The van der Waals surface area contributed by atoms with Crippen molar-refractivity contribution in [1.29, 1.82) is 0 Å². The van der Waals surface area contributed by atoms with Crippen molar-refractivity contribution in [2.45, 2.75) is 101 Å². The number of hydrogen-bond acceptors (Lipinski definition) is 7. The first-order chi connectivity index (χ1) is 21.5. The van der Waals surface area contributed by atoms with Gasteiger partial charge in [-0.2, -0.15) is 9.03 Å². The highest BCUT2D eigenvalue weighted by atomic mass is 79.9. The third-order valence-electron chi connectivity index (χ3n) is 9.39. The maximum atomic E-state index is 13.2. The minimum Gasteiger partial charge on any atom is -0.480 e. The van der Waals surface area contributed by atoms with Gasteiger partial charge in [0.2, 0.25) is 20.0 Å². The Balaban J connectivity index is 1.21. The number of hydrogen-bond donors (Lipinski definition) is 2. The van der Waals surface area contributed by atoms with Crippen LogP contribution in [0.1, 0.15) is 85.1 Å². The second-order valence-corrected chi connectivity index (χ2v) is 18.6. The Morgan fingerprint density at radius 3 is 1.98 bits per heavy atom. The van der Waals surface area contributed by atoms with Crippen LogP contribution in [0.5, 0.6) is 0 Å². The van der Waals surface area contributed by atoms with Gasteiger partial charge in [-0.1, -0.05) is 66.0 Å². The van der Waals surface area contributed by atoms with Crippen LogP contribution in [0.2, 0.25) is 0 Å². The summed E-state index contributed by atoms with van der Waals surface area (Å²) in [6.07, 6.45) is 8.51. The van der Waals surface area contributed by atoms with Gasteiger partial charge in [-0.15, -0.1) is 0 Å². The van der Waals surface area contributed by atoms with E-state index in [1.165, 1.54) is 12.3 Å². The van der Waals surface area contributed by atoms with Gasteiger partial charge in [-0.3, -0.25) is 4.79 Å². The maximum Gasteiger partial charge on any atom is 0.322 e. The molecule has 13 heteroatoms. The third kappa shape index (κ3) is 9.09. The largest absolute Gasteiger partial charge is 0.480 e. The van der Waals surface area contributed by atoms with E-state index >= 15 is 0 Å². The average molecular weight is 742 g/mol. The van der Waals surface area contributed by atoms with Gasteiger partial charge in [0, 0.05) is 32.4 Å². The second kappa shape index (κ2) is 15.0. The molecule has 1 atom stereocenters. The van der Waals surface area contributed by atoms with Crippen LogP contribution in [0.3, 0.4) is 0 Å². The fourth-order valence-electron chi connectivity index (χ4n) is 6.34. The number of nitrogens with one attached hydrogen (secondary N) is 1. The number of sulfonamides is 2. The highest BCUT2D eigenvalue weighted by Crippen LogP contribution is 2.33. The summed E-state index contributed by atoms with van der Waals surface area (Å²) in [6.45, 7) is 12.4. The highest BCUT2D eigenvalue weighted by Gasteiger charge is 2.31. The van der Waals surface area contributed by atoms with Crippen LogP contribution in [0.25, 0.3) is 0 Å². The summed E-state index contributed by atoms with van der Waals surface area (Å²) < 4.78 is 56.6. The zero-order valence-electron chi connectivity index (χ0n) is 27.6. The van der Waals surface area contributed by atoms with E-state index in [1.807, 2.05) is 12.1 Å². The second-order valence-electron chi connectivity index (χ2n) is 14.1. The van der Waals surface area contributed by atoms with Gasteiger partial charge in [-0.25, -0.2) is 21.8 Å². The van der Waals surface area contributed by atoms with Crippen LogP contribution < -0.4 is 9.62 Å². The van der Waals surface area contributed by atoms with Crippen LogP contribution in [0.15, 0.2) is 50.8 Å². The lowest BCUT2D eigenvalue weighted by molar-refractivity contribution is -0.140. The molecule has 46 heavy (non-hydrogen) atoms. The average Bonchev–Trinajstić information content (AvgIpc) is 3.00. The molecule has 1 aromatic heterocycles. The smallest absolute Gasteiger partial charge is 0.322 e. The zero-order valence-corrected chi connectivity index (χ0v) is 30.8. The number of rotatable bonds is 12. The van der Waals surface area contributed by atoms with Crippen LogP contribution in [0.4, 0.5) is 5.82 Å². The van der Waals surface area contributed by atoms with Crippen molar-refractivity contribution in [2.24, 2.45) is 17.8 Å². The Morgan fingerprint density at radius 2 is 1.50 bits per heavy atom. The molecular weight excluding hydrogens is 692 g/mol. The van der Waals surface area contributed by atoms with E-state index in [2.05, 4.69) is 51.3 Å². The SMILES string of the molecule is CC(C)C(NS(=O)(=O)c1cnc(N2CCC(CCCC3CCN(S(=O)(=O)c4ccc(C(C)(C)C)cc4)CC3)CC2)c(Br)c1)C(=O)O. The molecular formula is C33H49BrN4O6S2. The third-order valence-corrected chi connectivity index (χ3v) is 13.3. The van der Waals surface area contributed by atoms with Crippen LogP contribution in [-0.4, -0.2) is 69.4 Å². The predicted octanol–water partition coefficient (Wildman–Crippen LogP) is 6.02. The van der Waals surface area contributed by atoms with Crippen LogP contribution in [-0.2, 0) is 30.3 Å². The molecule has 0 spiro atoms. The fraction of sp³-hybridized carbons (Fsp3) is 0.636. The molecule has 2 saturated heterocycles. The van der Waals surface area contributed by atoms with Crippen molar-refractivity contribution < 1.29 is 26.7 Å². The first-order valence-corrected chi connectivity index (χ1v) is 20.0. The molecule has 0 saturated carbocycles. The summed E-state index contributed by atoms with van der Waals surface area (Å²) in [5.74, 6) is 0.205. The first kappa shape index (κ1) is 36.8. The van der Waals surface area contributed by atoms with E-state index in [9.17, 15) is 26.7 Å². The fourth-order valence-corrected chi connectivity index (χ4v) is 9.87. The number of nitrogens with zero attached hydrogens (tertiary/aromatic N) is 3. The normalized spacial score (nSPS) is 18.6. The number of pyridine rings is 1. The summed E-state index contributed by atoms with van der Waals surface area (Å²) in [5, 5.41) is 9.38. The number of carbonyl (C=O) groups is 1. The Labute approximate surface area is 283 Å². The lowest BCUT2D eigenvalue weighted by atomic mass is 9.87. The number of carboxylic acids is 1. The van der Waals surface area contributed by atoms with Crippen molar-refractivity contribution in [2.75, 3.05) is 31.1 Å². The molecule has 0 aliphatic carbocycles. The van der Waals surface area contributed by atoms with E-state index < -0.39 is 38.0 Å². The molecule has 0 amide bonds. The monoisotopic (exact) mass is 740 g/mol. The van der Waals surface area contributed by atoms with Crippen molar-refractivity contribution in [1.82, 2.24) is 14.0 Å². The maximum absolute atomic E-state index is 13.2. The molecule has 3 heterocycles. The molecule has 10 nitrogen and oxygen atoms in total. The summed E-state index contributed by atoms with van der Waals surface area (Å²) in [7, 11) is -7.52. The molecule has 2 fully saturated rings. The summed E-state index contributed by atoms with van der Waals surface area (Å²) in [6, 6.07) is 7.59. The number of piperidine rings is 2. The minimum absolute atomic E-state index is 0.0196. The summed E-state index contributed by atoms with van der Waals surface area (Å²) >= 11 is 3.49. The number of aliphatic carboxylic acids is 1. The number of benzene rings is 1. The molecule has 1 unspecified atom stereocenters. The summed E-state index contributed by atoms with van der Waals surface area (Å²) in [5.41, 5.74) is 1.10. The number of anilines is 1. The number of aromatic nitrogens is 1. The van der Waals surface area contributed by atoms with Crippen LogP contribution in [0, 0.1) is 17.8 Å². The quantitative estimate of drug-likeness (QED) is 0.270. The van der Waals surface area contributed by atoms with Gasteiger partial charge in [0.05, 0.1) is 9.37 Å². The standard InChI is InChI=1S/C33H49BrN4O6S2/c1-23(2)30(32(39)40)36-45(41,42)28-21-29(34)31(35-22-28)37-17-13-24(14-18-37)7-6-8-25-15-19-38(20-16-25)46(43,44)27-11-9-26(10-12-27)33(3,4)5/h9-12,21-25,30,36H,6-8,13-20H2,1-5H3,(H,39,40). The molecule has 2 aliphatic rings. The van der Waals surface area contributed by atoms with Gasteiger partial charge in [-0.05, 0) is 88.5 Å². The predicted molar refractivity (Wildman–Crippen MR) is 184 cm³/mol. The van der Waals surface area contributed by atoms with Gasteiger partial charge >= 0.3 is 5.97 Å². The van der Waals surface area contributed by atoms with Gasteiger partial charge in [0.15, 0.2) is 0 Å². The Hall–Kier alpha value is -2.06. The Morgan fingerprint density at radius 1 is 0.957 bits per heavy atom. The van der Waals surface area contributed by atoms with Crippen molar-refractivity contribution in [3.8, 4) is 0 Å². The van der Waals surface area contributed by atoms with Crippen molar-refractivity contribution in [3.05, 3.63) is 46.6 Å². The molecule has 4 rings (SSSR count). The number of halogens is 1. The Bertz CT molecular complexity index is 1560. The molecule has 0 radical (unpaired) electrons. The molecule has 2 N–H and O–H groups in total. The molecule has 256 valence electrons. The van der Waals surface area contributed by atoms with Crippen LogP contribution >= 0.6 is 15.9 Å². The summed E-state index contributed by atoms with van der Waals surface area (Å²) in [4.78, 5) is 18.4.